The van der Waals surface area contributed by atoms with Gasteiger partial charge in [-0.15, -0.1) is 0 Å². The largest absolute Gasteiger partial charge is 0.504 e. The number of hydrogen-bond donors (Lipinski definition) is 1. The summed E-state index contributed by atoms with van der Waals surface area (Å²) in [6.07, 6.45) is 1.51. The molecule has 23 heavy (non-hydrogen) atoms. The van der Waals surface area contributed by atoms with Crippen LogP contribution in [-0.2, 0) is 0 Å². The average molecular weight is 310 g/mol. The van der Waals surface area contributed by atoms with E-state index in [1.54, 1.807) is 25.1 Å². The Kier molecular flexibility index (Phi) is 4.95. The quantitative estimate of drug-likeness (QED) is 0.392. The molecule has 1 N–H and O–H groups in total. The maximum absolute atomic E-state index is 10.7. The summed E-state index contributed by atoms with van der Waals surface area (Å²) < 4.78 is 5.30. The van der Waals surface area contributed by atoms with Gasteiger partial charge in [0.15, 0.2) is 11.5 Å². The molecule has 0 aromatic heterocycles. The third kappa shape index (κ3) is 3.66. The smallest absolute Gasteiger partial charge is 0.269 e. The predicted molar refractivity (Wildman–Crippen MR) is 85.9 cm³/mol. The van der Waals surface area contributed by atoms with Crippen LogP contribution in [-0.4, -0.2) is 16.6 Å². The maximum Gasteiger partial charge on any atom is 0.269 e. The number of nitriles is 1. The standard InChI is InChI=1S/C17H14N2O4/c1-2-23-16-5-3-4-13(17(16)20)10-14(11-18)12-6-8-15(9-7-12)19(21)22/h3-10,20H,2H2,1H3/b14-10-. The maximum atomic E-state index is 10.7. The first-order valence-corrected chi connectivity index (χ1v) is 6.88. The van der Waals surface area contributed by atoms with Gasteiger partial charge >= 0.3 is 0 Å². The van der Waals surface area contributed by atoms with Gasteiger partial charge in [0, 0.05) is 17.7 Å². The van der Waals surface area contributed by atoms with E-state index in [-0.39, 0.29) is 17.0 Å². The number of non-ortho nitro benzene ring substituents is 1. The number of nitrogens with zero attached hydrogens (tertiary/aromatic N) is 2. The summed E-state index contributed by atoms with van der Waals surface area (Å²) in [5, 5.41) is 30.1. The molecule has 2 aromatic carbocycles. The van der Waals surface area contributed by atoms with Crippen LogP contribution >= 0.6 is 0 Å². The van der Waals surface area contributed by atoms with Crippen LogP contribution in [0.25, 0.3) is 11.6 Å². The molecular formula is C17H14N2O4. The Labute approximate surface area is 133 Å². The van der Waals surface area contributed by atoms with E-state index in [0.29, 0.717) is 23.5 Å². The molecule has 6 heteroatoms. The molecule has 0 unspecified atom stereocenters. The molecule has 0 fully saturated rings. The van der Waals surface area contributed by atoms with Gasteiger partial charge in [0.25, 0.3) is 5.69 Å². The third-order valence-corrected chi connectivity index (χ3v) is 3.14. The Morgan fingerprint density at radius 3 is 2.61 bits per heavy atom. The van der Waals surface area contributed by atoms with E-state index in [1.807, 2.05) is 6.07 Å². The normalized spacial score (nSPS) is 10.9. The fraction of sp³-hybridized carbons (Fsp3) is 0.118. The number of phenolic OH excluding ortho intramolecular Hbond substituents is 1. The van der Waals surface area contributed by atoms with Gasteiger partial charge in [-0.05, 0) is 36.8 Å². The van der Waals surface area contributed by atoms with E-state index < -0.39 is 4.92 Å². The van der Waals surface area contributed by atoms with E-state index in [0.717, 1.165) is 0 Å². The first-order chi connectivity index (χ1) is 11.1. The van der Waals surface area contributed by atoms with E-state index in [1.165, 1.54) is 30.3 Å². The molecule has 0 amide bonds. The van der Waals surface area contributed by atoms with E-state index in [2.05, 4.69) is 0 Å². The van der Waals surface area contributed by atoms with Crippen LogP contribution in [0.3, 0.4) is 0 Å². The van der Waals surface area contributed by atoms with Crippen LogP contribution < -0.4 is 4.74 Å². The van der Waals surface area contributed by atoms with Crippen LogP contribution in [0.2, 0.25) is 0 Å². The molecule has 116 valence electrons. The van der Waals surface area contributed by atoms with Crippen molar-refractivity contribution in [1.82, 2.24) is 0 Å². The Bertz CT molecular complexity index is 789. The lowest BCUT2D eigenvalue weighted by Crippen LogP contribution is -1.92. The van der Waals surface area contributed by atoms with E-state index in [4.69, 9.17) is 4.74 Å². The van der Waals surface area contributed by atoms with Crippen LogP contribution in [0.4, 0.5) is 5.69 Å². The van der Waals surface area contributed by atoms with Crippen molar-refractivity contribution in [1.29, 1.82) is 5.26 Å². The van der Waals surface area contributed by atoms with Crippen molar-refractivity contribution in [2.45, 2.75) is 6.92 Å². The molecule has 0 aliphatic carbocycles. The van der Waals surface area contributed by atoms with Gasteiger partial charge in [-0.1, -0.05) is 12.1 Å². The molecule has 0 saturated heterocycles. The van der Waals surface area contributed by atoms with Crippen LogP contribution in [0.5, 0.6) is 11.5 Å². The summed E-state index contributed by atoms with van der Waals surface area (Å²) in [6.45, 7) is 2.22. The minimum atomic E-state index is -0.503. The molecule has 0 aliphatic rings. The highest BCUT2D eigenvalue weighted by molar-refractivity contribution is 5.91. The summed E-state index contributed by atoms with van der Waals surface area (Å²) in [5.41, 5.74) is 1.20. The number of hydrogen-bond acceptors (Lipinski definition) is 5. The predicted octanol–water partition coefficient (Wildman–Crippen LogP) is 3.76. The summed E-state index contributed by atoms with van der Waals surface area (Å²) in [4.78, 5) is 10.2. The van der Waals surface area contributed by atoms with Crippen molar-refractivity contribution in [3.63, 3.8) is 0 Å². The average Bonchev–Trinajstić information content (AvgIpc) is 2.56. The molecule has 2 aromatic rings. The van der Waals surface area contributed by atoms with Crippen molar-refractivity contribution >= 4 is 17.3 Å². The number of para-hydroxylation sites is 1. The van der Waals surface area contributed by atoms with Crippen LogP contribution in [0, 0.1) is 21.4 Å². The minimum absolute atomic E-state index is 0.0489. The van der Waals surface area contributed by atoms with Crippen molar-refractivity contribution in [2.75, 3.05) is 6.61 Å². The number of nitro benzene ring substituents is 1. The zero-order chi connectivity index (χ0) is 16.8. The number of phenols is 1. The summed E-state index contributed by atoms with van der Waals surface area (Å²) in [5.74, 6) is 0.284. The zero-order valence-corrected chi connectivity index (χ0v) is 12.4. The number of rotatable bonds is 5. The Balaban J connectivity index is 2.41. The van der Waals surface area contributed by atoms with Gasteiger partial charge in [-0.3, -0.25) is 10.1 Å². The molecule has 0 saturated carbocycles. The lowest BCUT2D eigenvalue weighted by molar-refractivity contribution is -0.384. The lowest BCUT2D eigenvalue weighted by Gasteiger charge is -2.08. The van der Waals surface area contributed by atoms with Gasteiger partial charge in [0.2, 0.25) is 0 Å². The first-order valence-electron chi connectivity index (χ1n) is 6.88. The molecule has 2 rings (SSSR count). The zero-order valence-electron chi connectivity index (χ0n) is 12.4. The molecule has 0 radical (unpaired) electrons. The van der Waals surface area contributed by atoms with Crippen LogP contribution in [0.1, 0.15) is 18.1 Å². The topological polar surface area (TPSA) is 96.4 Å². The Morgan fingerprint density at radius 2 is 2.04 bits per heavy atom. The molecule has 0 atom stereocenters. The highest BCUT2D eigenvalue weighted by Crippen LogP contribution is 2.32. The number of aromatic hydroxyl groups is 1. The number of ether oxygens (including phenoxy) is 1. The lowest BCUT2D eigenvalue weighted by atomic mass is 10.0. The second-order valence-corrected chi connectivity index (χ2v) is 4.60. The molecular weight excluding hydrogens is 296 g/mol. The molecule has 0 heterocycles. The second-order valence-electron chi connectivity index (χ2n) is 4.60. The third-order valence-electron chi connectivity index (χ3n) is 3.14. The van der Waals surface area contributed by atoms with Crippen molar-refractivity contribution < 1.29 is 14.8 Å². The van der Waals surface area contributed by atoms with Gasteiger partial charge in [0.1, 0.15) is 0 Å². The van der Waals surface area contributed by atoms with Gasteiger partial charge in [-0.25, -0.2) is 0 Å². The van der Waals surface area contributed by atoms with Crippen molar-refractivity contribution in [2.24, 2.45) is 0 Å². The molecule has 6 nitrogen and oxygen atoms in total. The number of benzene rings is 2. The fourth-order valence-electron chi connectivity index (χ4n) is 2.03. The second kappa shape index (κ2) is 7.09. The van der Waals surface area contributed by atoms with Crippen LogP contribution in [0.15, 0.2) is 42.5 Å². The minimum Gasteiger partial charge on any atom is -0.504 e. The highest BCUT2D eigenvalue weighted by Gasteiger charge is 2.10. The van der Waals surface area contributed by atoms with Crippen molar-refractivity contribution in [3.05, 3.63) is 63.7 Å². The van der Waals surface area contributed by atoms with Gasteiger partial charge in [-0.2, -0.15) is 5.26 Å². The summed E-state index contributed by atoms with van der Waals surface area (Å²) in [6, 6.07) is 12.7. The highest BCUT2D eigenvalue weighted by atomic mass is 16.6. The SMILES string of the molecule is CCOc1cccc(/C=C(/C#N)c2ccc([N+](=O)[O-])cc2)c1O. The van der Waals surface area contributed by atoms with Gasteiger partial charge in [0.05, 0.1) is 23.2 Å². The summed E-state index contributed by atoms with van der Waals surface area (Å²) in [7, 11) is 0. The Morgan fingerprint density at radius 1 is 1.35 bits per heavy atom. The fourth-order valence-corrected chi connectivity index (χ4v) is 2.03. The Hall–Kier alpha value is -3.33. The van der Waals surface area contributed by atoms with Gasteiger partial charge < -0.3 is 9.84 Å². The van der Waals surface area contributed by atoms with E-state index >= 15 is 0 Å². The monoisotopic (exact) mass is 310 g/mol. The molecule has 0 aliphatic heterocycles. The summed E-state index contributed by atoms with van der Waals surface area (Å²) >= 11 is 0. The molecule has 0 spiro atoms. The van der Waals surface area contributed by atoms with Crippen molar-refractivity contribution in [3.8, 4) is 17.6 Å². The first kappa shape index (κ1) is 16.0. The number of allylic oxidation sites excluding steroid dienone is 1. The molecule has 0 bridgehead atoms. The van der Waals surface area contributed by atoms with E-state index in [9.17, 15) is 20.5 Å². The number of nitro groups is 1.